The zero-order chi connectivity index (χ0) is 21.8. The average molecular weight is 438 g/mol. The highest BCUT2D eigenvalue weighted by atomic mass is 32.1. The minimum atomic E-state index is 0.635. The fraction of sp³-hybridized carbons (Fsp3) is 0.333. The van der Waals surface area contributed by atoms with E-state index in [0.29, 0.717) is 15.6 Å². The Kier molecular flexibility index (Phi) is 6.25. The van der Waals surface area contributed by atoms with Crippen LogP contribution in [0.2, 0.25) is 0 Å². The minimum Gasteiger partial charge on any atom is -0.497 e. The molecule has 0 unspecified atom stereocenters. The Balaban J connectivity index is 1.76. The van der Waals surface area contributed by atoms with E-state index in [2.05, 4.69) is 19.2 Å². The maximum absolute atomic E-state index is 6.48. The monoisotopic (exact) mass is 437 g/mol. The number of hydrogen-bond acceptors (Lipinski definition) is 5. The van der Waals surface area contributed by atoms with Gasteiger partial charge >= 0.3 is 5.96 Å². The lowest BCUT2D eigenvalue weighted by molar-refractivity contribution is -0.827. The second-order valence-electron chi connectivity index (χ2n) is 8.00. The molecule has 1 aromatic heterocycles. The fourth-order valence-electron chi connectivity index (χ4n) is 3.90. The number of methoxy groups -OCH3 is 2. The van der Waals surface area contributed by atoms with Crippen LogP contribution in [0.4, 0.5) is 5.13 Å². The van der Waals surface area contributed by atoms with Crippen molar-refractivity contribution in [1.82, 2.24) is 4.98 Å². The summed E-state index contributed by atoms with van der Waals surface area (Å²) in [7, 11) is 5.50. The lowest BCUT2D eigenvalue weighted by Gasteiger charge is -2.35. The average Bonchev–Trinajstić information content (AvgIpc) is 3.23. The van der Waals surface area contributed by atoms with Crippen LogP contribution in [0.3, 0.4) is 0 Å². The molecule has 1 aliphatic heterocycles. The van der Waals surface area contributed by atoms with Crippen molar-refractivity contribution in [3.63, 3.8) is 0 Å². The summed E-state index contributed by atoms with van der Waals surface area (Å²) in [5.74, 6) is 2.27. The summed E-state index contributed by atoms with van der Waals surface area (Å²) in [6, 6.07) is 16.0. The molecule has 6 nitrogen and oxygen atoms in total. The number of nitrogens with zero attached hydrogens (tertiary/aromatic N) is 3. The lowest BCUT2D eigenvalue weighted by atomic mass is 10.1. The van der Waals surface area contributed by atoms with Gasteiger partial charge in [-0.25, -0.2) is 4.98 Å². The van der Waals surface area contributed by atoms with Gasteiger partial charge in [-0.2, -0.15) is 0 Å². The highest BCUT2D eigenvalue weighted by Gasteiger charge is 2.30. The number of quaternary nitrogens is 1. The first-order valence-corrected chi connectivity index (χ1v) is 11.3. The van der Waals surface area contributed by atoms with Crippen LogP contribution in [0.15, 0.2) is 53.5 Å². The number of hydrogen-bond donors (Lipinski definition) is 1. The quantitative estimate of drug-likeness (QED) is 0.344. The molecule has 0 amide bonds. The molecular formula is C24H29N4O2S+. The molecule has 0 aliphatic carbocycles. The number of benzene rings is 2. The van der Waals surface area contributed by atoms with E-state index in [4.69, 9.17) is 25.2 Å². The molecule has 2 N–H and O–H groups in total. The van der Waals surface area contributed by atoms with Crippen molar-refractivity contribution in [1.29, 1.82) is 0 Å². The van der Waals surface area contributed by atoms with Crippen LogP contribution >= 0.6 is 11.3 Å². The minimum absolute atomic E-state index is 0.635. The van der Waals surface area contributed by atoms with Crippen LogP contribution in [-0.4, -0.2) is 49.8 Å². The third kappa shape index (κ3) is 4.57. The highest BCUT2D eigenvalue weighted by Crippen LogP contribution is 2.41. The predicted molar refractivity (Wildman–Crippen MR) is 127 cm³/mol. The van der Waals surface area contributed by atoms with Crippen molar-refractivity contribution in [2.45, 2.75) is 19.3 Å². The number of ether oxygens (including phenoxy) is 2. The van der Waals surface area contributed by atoms with Gasteiger partial charge in [-0.15, -0.1) is 4.99 Å². The van der Waals surface area contributed by atoms with E-state index >= 15 is 0 Å². The van der Waals surface area contributed by atoms with Gasteiger partial charge in [-0.1, -0.05) is 11.3 Å². The smallest absolute Gasteiger partial charge is 0.302 e. The summed E-state index contributed by atoms with van der Waals surface area (Å²) in [5, 5.41) is 0.680. The van der Waals surface area contributed by atoms with E-state index in [-0.39, 0.29) is 0 Å². The Morgan fingerprint density at radius 2 is 1.45 bits per heavy atom. The van der Waals surface area contributed by atoms with Gasteiger partial charge in [0, 0.05) is 5.56 Å². The Morgan fingerprint density at radius 1 is 0.903 bits per heavy atom. The van der Waals surface area contributed by atoms with Crippen LogP contribution in [0, 0.1) is 0 Å². The third-order valence-corrected chi connectivity index (χ3v) is 6.90. The molecule has 0 spiro atoms. The fourth-order valence-corrected chi connectivity index (χ4v) is 4.87. The Hall–Kier alpha value is -2.90. The van der Waals surface area contributed by atoms with Gasteiger partial charge in [0.15, 0.2) is 0 Å². The lowest BCUT2D eigenvalue weighted by Crippen LogP contribution is -2.56. The van der Waals surface area contributed by atoms with Crippen molar-refractivity contribution >= 4 is 22.4 Å². The van der Waals surface area contributed by atoms with Gasteiger partial charge in [-0.05, 0) is 73.4 Å². The molecule has 3 aromatic rings. The molecule has 2 heterocycles. The van der Waals surface area contributed by atoms with Crippen LogP contribution in [0.1, 0.15) is 19.3 Å². The SMILES string of the molecule is COc1ccc(-c2nc(N=C(N)[N+]3(C)CCCCC3)sc2-c2ccc(OC)cc2)cc1. The molecule has 2 aromatic carbocycles. The molecular weight excluding hydrogens is 408 g/mol. The molecule has 0 radical (unpaired) electrons. The summed E-state index contributed by atoms with van der Waals surface area (Å²) in [4.78, 5) is 10.7. The molecule has 1 saturated heterocycles. The van der Waals surface area contributed by atoms with E-state index in [1.165, 1.54) is 19.3 Å². The molecule has 1 aliphatic rings. The Labute approximate surface area is 187 Å². The van der Waals surface area contributed by atoms with Gasteiger partial charge in [0.1, 0.15) is 11.5 Å². The molecule has 31 heavy (non-hydrogen) atoms. The second kappa shape index (κ2) is 9.08. The number of thiazole rings is 1. The first kappa shape index (κ1) is 21.3. The molecule has 0 atom stereocenters. The number of aliphatic imine (C=N–C) groups is 1. The molecule has 7 heteroatoms. The summed E-state index contributed by atoms with van der Waals surface area (Å²) in [5.41, 5.74) is 9.46. The molecule has 0 saturated carbocycles. The standard InChI is InChI=1S/C24H29N4O2S/c1-28(15-5-4-6-16-28)23(25)27-24-26-21(17-7-11-19(29-2)12-8-17)22(31-24)18-9-13-20(30-3)14-10-18/h7-14H,4-6,15-16H2,1-3H3,(H2,25,26,27)/q+1. The third-order valence-electron chi connectivity index (χ3n) is 5.90. The normalized spacial score (nSPS) is 16.2. The van der Waals surface area contributed by atoms with E-state index < -0.39 is 0 Å². The Morgan fingerprint density at radius 3 is 2.00 bits per heavy atom. The van der Waals surface area contributed by atoms with Crippen molar-refractivity contribution in [2.75, 3.05) is 34.4 Å². The van der Waals surface area contributed by atoms with Crippen LogP contribution in [-0.2, 0) is 0 Å². The van der Waals surface area contributed by atoms with Crippen molar-refractivity contribution < 1.29 is 14.0 Å². The van der Waals surface area contributed by atoms with Crippen LogP contribution in [0.25, 0.3) is 21.7 Å². The molecule has 162 valence electrons. The van der Waals surface area contributed by atoms with Gasteiger partial charge < -0.3 is 15.2 Å². The van der Waals surface area contributed by atoms with E-state index in [9.17, 15) is 0 Å². The summed E-state index contributed by atoms with van der Waals surface area (Å²) in [6.45, 7) is 2.05. The van der Waals surface area contributed by atoms with Gasteiger partial charge in [-0.3, -0.25) is 4.48 Å². The summed E-state index contributed by atoms with van der Waals surface area (Å²) >= 11 is 1.56. The zero-order valence-corrected chi connectivity index (χ0v) is 19.1. The van der Waals surface area contributed by atoms with Crippen LogP contribution < -0.4 is 15.2 Å². The number of guanidine groups is 1. The topological polar surface area (TPSA) is 69.7 Å². The van der Waals surface area contributed by atoms with Gasteiger partial charge in [0.25, 0.3) is 0 Å². The predicted octanol–water partition coefficient (Wildman–Crippen LogP) is 5.07. The van der Waals surface area contributed by atoms with Gasteiger partial charge in [0.05, 0.1) is 44.9 Å². The highest BCUT2D eigenvalue weighted by molar-refractivity contribution is 7.19. The van der Waals surface area contributed by atoms with E-state index in [0.717, 1.165) is 46.3 Å². The molecule has 4 rings (SSSR count). The molecule has 1 fully saturated rings. The van der Waals surface area contributed by atoms with E-state index in [1.54, 1.807) is 25.6 Å². The van der Waals surface area contributed by atoms with E-state index in [1.807, 2.05) is 36.4 Å². The number of aromatic nitrogens is 1. The second-order valence-corrected chi connectivity index (χ2v) is 8.98. The number of rotatable bonds is 5. The van der Waals surface area contributed by atoms with Crippen LogP contribution in [0.5, 0.6) is 11.5 Å². The van der Waals surface area contributed by atoms with Crippen molar-refractivity contribution in [2.24, 2.45) is 10.7 Å². The number of nitrogens with two attached hydrogens (primary N) is 1. The summed E-state index contributed by atoms with van der Waals surface area (Å²) < 4.78 is 11.3. The summed E-state index contributed by atoms with van der Waals surface area (Å²) in [6.07, 6.45) is 3.62. The van der Waals surface area contributed by atoms with Crippen molar-refractivity contribution in [3.8, 4) is 33.2 Å². The zero-order valence-electron chi connectivity index (χ0n) is 18.3. The molecule has 0 bridgehead atoms. The maximum atomic E-state index is 6.48. The largest absolute Gasteiger partial charge is 0.497 e. The number of likely N-dealkylation sites (tertiary alicyclic amines) is 1. The number of piperidine rings is 1. The first-order valence-electron chi connectivity index (χ1n) is 10.5. The van der Waals surface area contributed by atoms with Crippen molar-refractivity contribution in [3.05, 3.63) is 48.5 Å². The first-order chi connectivity index (χ1) is 15.0. The van der Waals surface area contributed by atoms with Gasteiger partial charge in [0.2, 0.25) is 5.13 Å². The Bertz CT molecular complexity index is 987. The maximum Gasteiger partial charge on any atom is 0.302 e.